The summed E-state index contributed by atoms with van der Waals surface area (Å²) in [7, 11) is 1.84. The molecule has 2 aromatic heterocycles. The maximum atomic E-state index is 5.96. The van der Waals surface area contributed by atoms with Crippen molar-refractivity contribution in [2.24, 2.45) is 12.8 Å². The lowest BCUT2D eigenvalue weighted by Crippen LogP contribution is -2.02. The number of nitrogens with zero attached hydrogens (tertiary/aromatic N) is 4. The first-order valence-corrected chi connectivity index (χ1v) is 6.69. The molecule has 0 aliphatic carbocycles. The second-order valence-corrected chi connectivity index (χ2v) is 4.77. The lowest BCUT2D eigenvalue weighted by molar-refractivity contribution is 0.439. The molecule has 3 rings (SSSR count). The molecule has 6 heteroatoms. The van der Waals surface area contributed by atoms with Crippen molar-refractivity contribution in [1.82, 2.24) is 19.6 Å². The molecule has 0 aliphatic rings. The summed E-state index contributed by atoms with van der Waals surface area (Å²) in [5.74, 6) is 1.29. The predicted octanol–water partition coefficient (Wildman–Crippen LogP) is 2.17. The largest absolute Gasteiger partial charge is 0.435 e. The number of para-hydroxylation sites is 1. The molecule has 0 aliphatic heterocycles. The fourth-order valence-electron chi connectivity index (χ4n) is 2.19. The summed E-state index contributed by atoms with van der Waals surface area (Å²) < 4.78 is 9.42. The van der Waals surface area contributed by atoms with Crippen LogP contribution in [0.1, 0.15) is 11.3 Å². The van der Waals surface area contributed by atoms with Gasteiger partial charge >= 0.3 is 0 Å². The van der Waals surface area contributed by atoms with Gasteiger partial charge in [-0.25, -0.2) is 4.68 Å². The van der Waals surface area contributed by atoms with Gasteiger partial charge in [-0.3, -0.25) is 4.68 Å². The summed E-state index contributed by atoms with van der Waals surface area (Å²) in [6, 6.07) is 9.83. The van der Waals surface area contributed by atoms with Gasteiger partial charge in [-0.15, -0.1) is 0 Å². The van der Waals surface area contributed by atoms with Gasteiger partial charge in [-0.05, 0) is 19.1 Å². The van der Waals surface area contributed by atoms with Gasteiger partial charge in [0.1, 0.15) is 0 Å². The zero-order valence-corrected chi connectivity index (χ0v) is 12.0. The molecule has 6 nitrogen and oxygen atoms in total. The van der Waals surface area contributed by atoms with E-state index in [0.29, 0.717) is 18.2 Å². The molecule has 0 radical (unpaired) electrons. The summed E-state index contributed by atoms with van der Waals surface area (Å²) in [6.07, 6.45) is 3.47. The number of aryl methyl sites for hydroxylation is 2. The van der Waals surface area contributed by atoms with Crippen molar-refractivity contribution in [2.45, 2.75) is 13.5 Å². The summed E-state index contributed by atoms with van der Waals surface area (Å²) in [6.45, 7) is 2.30. The van der Waals surface area contributed by atoms with Crippen molar-refractivity contribution >= 4 is 0 Å². The van der Waals surface area contributed by atoms with E-state index in [1.165, 1.54) is 0 Å². The second kappa shape index (κ2) is 5.41. The molecule has 0 fully saturated rings. The highest BCUT2D eigenvalue weighted by atomic mass is 16.5. The number of ether oxygens (including phenoxy) is 1. The van der Waals surface area contributed by atoms with E-state index in [2.05, 4.69) is 10.2 Å². The minimum atomic E-state index is 0.369. The highest BCUT2D eigenvalue weighted by molar-refractivity contribution is 5.42. The molecule has 2 N–H and O–H groups in total. The van der Waals surface area contributed by atoms with E-state index in [9.17, 15) is 0 Å². The molecule has 1 aromatic carbocycles. The third-order valence-corrected chi connectivity index (χ3v) is 3.24. The van der Waals surface area contributed by atoms with Crippen LogP contribution in [0.4, 0.5) is 0 Å². The van der Waals surface area contributed by atoms with Crippen LogP contribution in [-0.2, 0) is 13.6 Å². The number of aromatic nitrogens is 4. The lowest BCUT2D eigenvalue weighted by Gasteiger charge is -2.09. The summed E-state index contributed by atoms with van der Waals surface area (Å²) in [4.78, 5) is 0. The molecule has 0 atom stereocenters. The maximum Gasteiger partial charge on any atom is 0.227 e. The molecule has 3 aromatic rings. The molecule has 108 valence electrons. The topological polar surface area (TPSA) is 70.9 Å². The summed E-state index contributed by atoms with van der Waals surface area (Å²) >= 11 is 0. The molecule has 0 saturated carbocycles. The van der Waals surface area contributed by atoms with Crippen LogP contribution in [0.25, 0.3) is 5.69 Å². The fourth-order valence-corrected chi connectivity index (χ4v) is 2.19. The minimum Gasteiger partial charge on any atom is -0.435 e. The van der Waals surface area contributed by atoms with Crippen LogP contribution in [0.2, 0.25) is 0 Å². The molecular formula is C15H17N5O. The molecular weight excluding hydrogens is 266 g/mol. The average Bonchev–Trinajstić information content (AvgIpc) is 3.04. The number of benzene rings is 1. The van der Waals surface area contributed by atoms with Crippen LogP contribution in [-0.4, -0.2) is 19.6 Å². The van der Waals surface area contributed by atoms with E-state index in [1.54, 1.807) is 21.8 Å². The molecule has 0 amide bonds. The monoisotopic (exact) mass is 283 g/mol. The molecule has 0 bridgehead atoms. The second-order valence-electron chi connectivity index (χ2n) is 4.77. The van der Waals surface area contributed by atoms with Crippen molar-refractivity contribution in [2.75, 3.05) is 0 Å². The molecule has 2 heterocycles. The van der Waals surface area contributed by atoms with Gasteiger partial charge in [0, 0.05) is 13.6 Å². The quantitative estimate of drug-likeness (QED) is 0.796. The van der Waals surface area contributed by atoms with Gasteiger partial charge in [0.05, 0.1) is 29.3 Å². The zero-order chi connectivity index (χ0) is 14.8. The Morgan fingerprint density at radius 1 is 1.24 bits per heavy atom. The lowest BCUT2D eigenvalue weighted by atomic mass is 10.2. The van der Waals surface area contributed by atoms with E-state index < -0.39 is 0 Å². The Labute approximate surface area is 122 Å². The van der Waals surface area contributed by atoms with Gasteiger partial charge < -0.3 is 10.5 Å². The number of nitrogens with two attached hydrogens (primary N) is 1. The van der Waals surface area contributed by atoms with Crippen LogP contribution in [0, 0.1) is 6.92 Å². The SMILES string of the molecule is Cc1nn(-c2ccccc2)c(Oc2cnn(C)c2)c1CN. The predicted molar refractivity (Wildman–Crippen MR) is 79.5 cm³/mol. The van der Waals surface area contributed by atoms with E-state index >= 15 is 0 Å². The number of rotatable bonds is 4. The third kappa shape index (κ3) is 2.53. The van der Waals surface area contributed by atoms with Crippen LogP contribution >= 0.6 is 0 Å². The molecule has 0 saturated heterocycles. The van der Waals surface area contributed by atoms with E-state index in [4.69, 9.17) is 10.5 Å². The van der Waals surface area contributed by atoms with Gasteiger partial charge in [0.2, 0.25) is 5.88 Å². The maximum absolute atomic E-state index is 5.96. The van der Waals surface area contributed by atoms with Gasteiger partial charge in [0.25, 0.3) is 0 Å². The standard InChI is InChI=1S/C15H17N5O/c1-11-14(8-16)15(21-13-9-17-19(2)10-13)20(18-11)12-6-4-3-5-7-12/h3-7,9-10H,8,16H2,1-2H3. The van der Waals surface area contributed by atoms with E-state index in [0.717, 1.165) is 16.9 Å². The Kier molecular flexibility index (Phi) is 3.45. The van der Waals surface area contributed by atoms with Gasteiger partial charge in [0.15, 0.2) is 5.75 Å². The minimum absolute atomic E-state index is 0.369. The molecule has 21 heavy (non-hydrogen) atoms. The van der Waals surface area contributed by atoms with Crippen molar-refractivity contribution in [3.8, 4) is 17.3 Å². The van der Waals surface area contributed by atoms with Crippen molar-refractivity contribution < 1.29 is 4.74 Å². The molecule has 0 spiro atoms. The molecule has 0 unspecified atom stereocenters. The van der Waals surface area contributed by atoms with Crippen molar-refractivity contribution in [1.29, 1.82) is 0 Å². The third-order valence-electron chi connectivity index (χ3n) is 3.24. The Bertz CT molecular complexity index is 745. The van der Waals surface area contributed by atoms with E-state index in [1.807, 2.05) is 44.3 Å². The number of hydrogen-bond donors (Lipinski definition) is 1. The van der Waals surface area contributed by atoms with Crippen molar-refractivity contribution in [3.63, 3.8) is 0 Å². The van der Waals surface area contributed by atoms with Crippen LogP contribution in [0.15, 0.2) is 42.7 Å². The van der Waals surface area contributed by atoms with Crippen LogP contribution < -0.4 is 10.5 Å². The van der Waals surface area contributed by atoms with Gasteiger partial charge in [-0.1, -0.05) is 18.2 Å². The summed E-state index contributed by atoms with van der Waals surface area (Å²) in [5.41, 5.74) is 8.53. The normalized spacial score (nSPS) is 10.8. The van der Waals surface area contributed by atoms with Crippen molar-refractivity contribution in [3.05, 3.63) is 54.0 Å². The summed E-state index contributed by atoms with van der Waals surface area (Å²) in [5, 5.41) is 8.65. The zero-order valence-electron chi connectivity index (χ0n) is 12.0. The number of hydrogen-bond acceptors (Lipinski definition) is 4. The fraction of sp³-hybridized carbons (Fsp3) is 0.200. The van der Waals surface area contributed by atoms with Gasteiger partial charge in [-0.2, -0.15) is 10.2 Å². The Balaban J connectivity index is 2.08. The Morgan fingerprint density at radius 2 is 2.00 bits per heavy atom. The smallest absolute Gasteiger partial charge is 0.227 e. The first-order valence-electron chi connectivity index (χ1n) is 6.69. The highest BCUT2D eigenvalue weighted by Crippen LogP contribution is 2.29. The first-order chi connectivity index (χ1) is 10.2. The average molecular weight is 283 g/mol. The Hall–Kier alpha value is -2.60. The van der Waals surface area contributed by atoms with E-state index in [-0.39, 0.29) is 0 Å². The van der Waals surface area contributed by atoms with Crippen LogP contribution in [0.5, 0.6) is 11.6 Å². The van der Waals surface area contributed by atoms with Crippen LogP contribution in [0.3, 0.4) is 0 Å². The first kappa shape index (κ1) is 13.4. The Morgan fingerprint density at radius 3 is 2.62 bits per heavy atom. The highest BCUT2D eigenvalue weighted by Gasteiger charge is 2.18.